The lowest BCUT2D eigenvalue weighted by molar-refractivity contribution is -0.140. The Morgan fingerprint density at radius 2 is 2.00 bits per heavy atom. The minimum Gasteiger partial charge on any atom is -0.383 e. The third kappa shape index (κ3) is 3.16. The molecule has 0 saturated carbocycles. The van der Waals surface area contributed by atoms with Crippen LogP contribution in [-0.2, 0) is 26.3 Å². The summed E-state index contributed by atoms with van der Waals surface area (Å²) < 4.78 is 67.4. The standard InChI is InChI=1S/C12H12ClF3N2O4S/c1-11(19,6-13)10-5-7-8(18(10)23(20,21)22-2)3-4-9(17-7)12(14,15)16/h3-5,19H,6H2,1-2H3. The second-order valence-electron chi connectivity index (χ2n) is 4.92. The maximum atomic E-state index is 12.7. The van der Waals surface area contributed by atoms with Crippen LogP contribution in [0.3, 0.4) is 0 Å². The lowest BCUT2D eigenvalue weighted by Crippen LogP contribution is -2.30. The van der Waals surface area contributed by atoms with Gasteiger partial charge in [0.2, 0.25) is 0 Å². The molecule has 0 aliphatic rings. The quantitative estimate of drug-likeness (QED) is 0.832. The van der Waals surface area contributed by atoms with Crippen LogP contribution in [0.5, 0.6) is 0 Å². The molecule has 1 unspecified atom stereocenters. The second kappa shape index (κ2) is 5.62. The van der Waals surface area contributed by atoms with Crippen LogP contribution in [0.25, 0.3) is 11.0 Å². The lowest BCUT2D eigenvalue weighted by atomic mass is 10.1. The molecule has 0 radical (unpaired) electrons. The third-order valence-electron chi connectivity index (χ3n) is 3.15. The summed E-state index contributed by atoms with van der Waals surface area (Å²) in [6.45, 7) is 1.22. The van der Waals surface area contributed by atoms with Crippen molar-refractivity contribution >= 4 is 32.9 Å². The van der Waals surface area contributed by atoms with Gasteiger partial charge in [-0.15, -0.1) is 11.6 Å². The molecule has 0 fully saturated rings. The van der Waals surface area contributed by atoms with Gasteiger partial charge in [-0.25, -0.2) is 8.96 Å². The molecule has 2 aromatic rings. The molecular weight excluding hydrogens is 361 g/mol. The lowest BCUT2D eigenvalue weighted by Gasteiger charge is -2.22. The Morgan fingerprint density at radius 3 is 2.48 bits per heavy atom. The molecule has 0 saturated heterocycles. The first-order chi connectivity index (χ1) is 10.4. The highest BCUT2D eigenvalue weighted by Gasteiger charge is 2.36. The highest BCUT2D eigenvalue weighted by molar-refractivity contribution is 7.85. The number of alkyl halides is 4. The number of hydrogen-bond acceptors (Lipinski definition) is 5. The van der Waals surface area contributed by atoms with Crippen molar-refractivity contribution in [3.8, 4) is 0 Å². The van der Waals surface area contributed by atoms with Gasteiger partial charge in [0.05, 0.1) is 29.7 Å². The van der Waals surface area contributed by atoms with E-state index >= 15 is 0 Å². The second-order valence-corrected chi connectivity index (χ2v) is 6.75. The van der Waals surface area contributed by atoms with E-state index in [1.165, 1.54) is 6.92 Å². The molecule has 23 heavy (non-hydrogen) atoms. The maximum absolute atomic E-state index is 12.7. The molecule has 6 nitrogen and oxygen atoms in total. The van der Waals surface area contributed by atoms with Crippen molar-refractivity contribution in [3.05, 3.63) is 29.6 Å². The Bertz CT molecular complexity index is 846. The molecule has 0 bridgehead atoms. The number of fused-ring (bicyclic) bond motifs is 1. The van der Waals surface area contributed by atoms with Crippen molar-refractivity contribution in [3.63, 3.8) is 0 Å². The average Bonchev–Trinajstić information content (AvgIpc) is 2.86. The molecule has 2 rings (SSSR count). The van der Waals surface area contributed by atoms with Gasteiger partial charge in [0.15, 0.2) is 0 Å². The largest absolute Gasteiger partial charge is 0.433 e. The van der Waals surface area contributed by atoms with Crippen LogP contribution in [0.15, 0.2) is 18.2 Å². The summed E-state index contributed by atoms with van der Waals surface area (Å²) in [6.07, 6.45) is -4.69. The Labute approximate surface area is 134 Å². The van der Waals surface area contributed by atoms with Crippen LogP contribution in [-0.4, -0.2) is 35.5 Å². The highest BCUT2D eigenvalue weighted by Crippen LogP contribution is 2.33. The van der Waals surface area contributed by atoms with Gasteiger partial charge in [0.1, 0.15) is 11.3 Å². The van der Waals surface area contributed by atoms with Crippen molar-refractivity contribution in [1.82, 2.24) is 8.96 Å². The predicted octanol–water partition coefficient (Wildman–Crippen LogP) is 2.24. The van der Waals surface area contributed by atoms with Gasteiger partial charge in [0, 0.05) is 0 Å². The summed E-state index contributed by atoms with van der Waals surface area (Å²) >= 11 is 5.63. The van der Waals surface area contributed by atoms with Gasteiger partial charge in [-0.3, -0.25) is 4.18 Å². The first kappa shape index (κ1) is 18.0. The molecule has 2 heterocycles. The van der Waals surface area contributed by atoms with E-state index in [1.807, 2.05) is 0 Å². The number of halogens is 4. The summed E-state index contributed by atoms with van der Waals surface area (Å²) in [5.41, 5.74) is -3.70. The molecule has 0 spiro atoms. The number of rotatable bonds is 4. The van der Waals surface area contributed by atoms with Crippen LogP contribution >= 0.6 is 11.6 Å². The smallest absolute Gasteiger partial charge is 0.383 e. The minimum absolute atomic E-state index is 0.166. The molecular formula is C12H12ClF3N2O4S. The summed E-state index contributed by atoms with van der Waals surface area (Å²) in [4.78, 5) is 3.40. The first-order valence-corrected chi connectivity index (χ1v) is 8.03. The fourth-order valence-electron chi connectivity index (χ4n) is 1.98. The third-order valence-corrected chi connectivity index (χ3v) is 4.93. The normalized spacial score (nSPS) is 15.8. The van der Waals surface area contributed by atoms with Crippen molar-refractivity contribution in [2.45, 2.75) is 18.7 Å². The van der Waals surface area contributed by atoms with Crippen LogP contribution in [0, 0.1) is 0 Å². The van der Waals surface area contributed by atoms with Gasteiger partial charge in [0.25, 0.3) is 0 Å². The number of hydrogen-bond donors (Lipinski definition) is 1. The zero-order valence-electron chi connectivity index (χ0n) is 11.9. The van der Waals surface area contributed by atoms with Crippen LogP contribution in [0.2, 0.25) is 0 Å². The Hall–Kier alpha value is -1.36. The molecule has 11 heteroatoms. The molecule has 2 aromatic heterocycles. The topological polar surface area (TPSA) is 81.4 Å². The summed E-state index contributed by atoms with van der Waals surface area (Å²) in [7, 11) is -3.49. The van der Waals surface area contributed by atoms with E-state index in [0.717, 1.165) is 19.2 Å². The first-order valence-electron chi connectivity index (χ1n) is 6.13. The van der Waals surface area contributed by atoms with E-state index in [0.29, 0.717) is 10.0 Å². The van der Waals surface area contributed by atoms with Crippen LogP contribution in [0.1, 0.15) is 18.3 Å². The van der Waals surface area contributed by atoms with E-state index in [2.05, 4.69) is 9.17 Å². The molecule has 0 amide bonds. The highest BCUT2D eigenvalue weighted by atomic mass is 35.5. The molecule has 0 aliphatic heterocycles. The maximum Gasteiger partial charge on any atom is 0.433 e. The van der Waals surface area contributed by atoms with E-state index in [1.54, 1.807) is 0 Å². The van der Waals surface area contributed by atoms with E-state index < -0.39 is 33.7 Å². The van der Waals surface area contributed by atoms with Crippen molar-refractivity contribution in [1.29, 1.82) is 0 Å². The molecule has 1 N–H and O–H groups in total. The van der Waals surface area contributed by atoms with Gasteiger partial charge in [-0.2, -0.15) is 21.6 Å². The van der Waals surface area contributed by atoms with E-state index in [-0.39, 0.29) is 16.7 Å². The van der Waals surface area contributed by atoms with Gasteiger partial charge < -0.3 is 5.11 Å². The van der Waals surface area contributed by atoms with E-state index in [9.17, 15) is 26.7 Å². The number of pyridine rings is 1. The molecule has 0 aromatic carbocycles. The number of aromatic nitrogens is 2. The Morgan fingerprint density at radius 1 is 1.39 bits per heavy atom. The molecule has 0 aliphatic carbocycles. The SMILES string of the molecule is COS(=O)(=O)n1c(C(C)(O)CCl)cc2nc(C(F)(F)F)ccc21. The molecule has 128 valence electrons. The molecule has 1 atom stereocenters. The summed E-state index contributed by atoms with van der Waals surface area (Å²) in [5.74, 6) is -0.394. The number of aliphatic hydroxyl groups is 1. The van der Waals surface area contributed by atoms with Crippen molar-refractivity contribution in [2.24, 2.45) is 0 Å². The summed E-state index contributed by atoms with van der Waals surface area (Å²) in [5, 5.41) is 10.2. The van der Waals surface area contributed by atoms with Crippen molar-refractivity contribution < 1.29 is 30.9 Å². The fourth-order valence-corrected chi connectivity index (χ4v) is 3.15. The van der Waals surface area contributed by atoms with Crippen molar-refractivity contribution in [2.75, 3.05) is 13.0 Å². The minimum atomic E-state index is -4.69. The van der Waals surface area contributed by atoms with Gasteiger partial charge in [-0.05, 0) is 25.1 Å². The van der Waals surface area contributed by atoms with Gasteiger partial charge >= 0.3 is 16.5 Å². The number of nitrogens with zero attached hydrogens (tertiary/aromatic N) is 2. The fraction of sp³-hybridized carbons (Fsp3) is 0.417. The van der Waals surface area contributed by atoms with Gasteiger partial charge in [-0.1, -0.05) is 0 Å². The van der Waals surface area contributed by atoms with E-state index in [4.69, 9.17) is 11.6 Å². The monoisotopic (exact) mass is 372 g/mol. The zero-order chi connectivity index (χ0) is 17.6. The Balaban J connectivity index is 2.87. The van der Waals surface area contributed by atoms with Crippen LogP contribution < -0.4 is 0 Å². The average molecular weight is 373 g/mol. The predicted molar refractivity (Wildman–Crippen MR) is 76.4 cm³/mol. The Kier molecular flexibility index (Phi) is 4.39. The summed E-state index contributed by atoms with van der Waals surface area (Å²) in [6, 6.07) is 2.61. The van der Waals surface area contributed by atoms with Crippen LogP contribution in [0.4, 0.5) is 13.2 Å². The zero-order valence-corrected chi connectivity index (χ0v) is 13.5.